The lowest BCUT2D eigenvalue weighted by molar-refractivity contribution is 0.102. The second kappa shape index (κ2) is 8.77. The summed E-state index contributed by atoms with van der Waals surface area (Å²) in [5.41, 5.74) is 1.82. The number of carbonyl (C=O) groups is 1. The zero-order valence-corrected chi connectivity index (χ0v) is 18.4. The molecule has 4 aromatic rings. The standard InChI is InChI=1S/C25H20ClNO5/c1-14-22(28)16-10-7-11-17(24(16)32-23(14)15-8-5-4-6-9-15)25(29)27-19-12-18(26)20(30-2)13-21(19)31-3/h4-13H,1-3H3,(H,27,29). The molecule has 4 rings (SSSR count). The van der Waals surface area contributed by atoms with Gasteiger partial charge in [-0.2, -0.15) is 0 Å². The van der Waals surface area contributed by atoms with E-state index in [1.807, 2.05) is 30.3 Å². The van der Waals surface area contributed by atoms with Gasteiger partial charge in [0.2, 0.25) is 0 Å². The predicted molar refractivity (Wildman–Crippen MR) is 125 cm³/mol. The first-order valence-corrected chi connectivity index (χ1v) is 10.2. The molecule has 0 aliphatic rings. The number of nitrogens with one attached hydrogen (secondary N) is 1. The van der Waals surface area contributed by atoms with Crippen molar-refractivity contribution in [2.45, 2.75) is 6.92 Å². The highest BCUT2D eigenvalue weighted by molar-refractivity contribution is 6.32. The van der Waals surface area contributed by atoms with Gasteiger partial charge in [0, 0.05) is 17.2 Å². The number of amides is 1. The van der Waals surface area contributed by atoms with Gasteiger partial charge in [0.05, 0.1) is 35.9 Å². The molecule has 0 unspecified atom stereocenters. The van der Waals surface area contributed by atoms with Crippen molar-refractivity contribution in [2.24, 2.45) is 0 Å². The Morgan fingerprint density at radius 3 is 2.38 bits per heavy atom. The van der Waals surface area contributed by atoms with E-state index in [1.54, 1.807) is 31.2 Å². The second-order valence-corrected chi connectivity index (χ2v) is 7.48. The zero-order valence-electron chi connectivity index (χ0n) is 17.7. The molecule has 1 heterocycles. The normalized spacial score (nSPS) is 10.8. The Labute approximate surface area is 189 Å². The number of para-hydroxylation sites is 1. The van der Waals surface area contributed by atoms with Crippen molar-refractivity contribution >= 4 is 34.2 Å². The first-order valence-electron chi connectivity index (χ1n) is 9.79. The summed E-state index contributed by atoms with van der Waals surface area (Å²) in [7, 11) is 2.97. The van der Waals surface area contributed by atoms with Crippen molar-refractivity contribution in [3.8, 4) is 22.8 Å². The molecule has 162 valence electrons. The minimum absolute atomic E-state index is 0.190. The molecule has 0 radical (unpaired) electrons. The number of anilines is 1. The van der Waals surface area contributed by atoms with E-state index in [2.05, 4.69) is 5.32 Å². The molecule has 0 bridgehead atoms. The van der Waals surface area contributed by atoms with Gasteiger partial charge in [-0.1, -0.05) is 48.0 Å². The molecule has 0 fully saturated rings. The molecule has 1 aromatic heterocycles. The van der Waals surface area contributed by atoms with E-state index in [-0.39, 0.29) is 16.6 Å². The van der Waals surface area contributed by atoms with Crippen LogP contribution in [0.5, 0.6) is 11.5 Å². The quantitative estimate of drug-likeness (QED) is 0.423. The first kappa shape index (κ1) is 21.5. The van der Waals surface area contributed by atoms with Gasteiger partial charge < -0.3 is 19.2 Å². The van der Waals surface area contributed by atoms with Gasteiger partial charge in [0.15, 0.2) is 11.0 Å². The Morgan fingerprint density at radius 2 is 1.69 bits per heavy atom. The minimum Gasteiger partial charge on any atom is -0.495 e. The lowest BCUT2D eigenvalue weighted by atomic mass is 10.0. The summed E-state index contributed by atoms with van der Waals surface area (Å²) in [6, 6.07) is 17.3. The molecular formula is C25H20ClNO5. The van der Waals surface area contributed by atoms with E-state index in [9.17, 15) is 9.59 Å². The van der Waals surface area contributed by atoms with Crippen molar-refractivity contribution in [1.82, 2.24) is 0 Å². The van der Waals surface area contributed by atoms with Gasteiger partial charge in [-0.3, -0.25) is 9.59 Å². The molecule has 0 aliphatic carbocycles. The third kappa shape index (κ3) is 3.81. The van der Waals surface area contributed by atoms with E-state index in [0.29, 0.717) is 38.9 Å². The number of halogens is 1. The maximum absolute atomic E-state index is 13.2. The number of hydrogen-bond donors (Lipinski definition) is 1. The average molecular weight is 450 g/mol. The van der Waals surface area contributed by atoms with E-state index in [1.165, 1.54) is 20.3 Å². The maximum Gasteiger partial charge on any atom is 0.259 e. The van der Waals surface area contributed by atoms with E-state index < -0.39 is 5.91 Å². The SMILES string of the molecule is COc1cc(OC)c(NC(=O)c2cccc3c(=O)c(C)c(-c4ccccc4)oc23)cc1Cl. The summed E-state index contributed by atoms with van der Waals surface area (Å²) in [5, 5.41) is 3.43. The fourth-order valence-electron chi connectivity index (χ4n) is 3.50. The first-order chi connectivity index (χ1) is 15.4. The van der Waals surface area contributed by atoms with Crippen LogP contribution in [0.1, 0.15) is 15.9 Å². The highest BCUT2D eigenvalue weighted by atomic mass is 35.5. The van der Waals surface area contributed by atoms with Crippen LogP contribution in [-0.4, -0.2) is 20.1 Å². The fraction of sp³-hybridized carbons (Fsp3) is 0.120. The van der Waals surface area contributed by atoms with Crippen molar-refractivity contribution in [3.05, 3.63) is 87.0 Å². The van der Waals surface area contributed by atoms with Crippen LogP contribution in [0.3, 0.4) is 0 Å². The Kier molecular flexibility index (Phi) is 5.88. The van der Waals surface area contributed by atoms with Crippen molar-refractivity contribution in [2.75, 3.05) is 19.5 Å². The van der Waals surface area contributed by atoms with Gasteiger partial charge >= 0.3 is 0 Å². The minimum atomic E-state index is -0.471. The summed E-state index contributed by atoms with van der Waals surface area (Å²) in [6.45, 7) is 1.71. The van der Waals surface area contributed by atoms with Gasteiger partial charge in [0.25, 0.3) is 5.91 Å². The Bertz CT molecular complexity index is 1380. The topological polar surface area (TPSA) is 77.8 Å². The molecule has 0 atom stereocenters. The van der Waals surface area contributed by atoms with Gasteiger partial charge in [0.1, 0.15) is 17.3 Å². The molecule has 32 heavy (non-hydrogen) atoms. The number of methoxy groups -OCH3 is 2. The Balaban J connectivity index is 1.83. The van der Waals surface area contributed by atoms with Crippen LogP contribution in [0, 0.1) is 6.92 Å². The van der Waals surface area contributed by atoms with E-state index in [4.69, 9.17) is 25.5 Å². The summed E-state index contributed by atoms with van der Waals surface area (Å²) >= 11 is 6.22. The summed E-state index contributed by atoms with van der Waals surface area (Å²) in [4.78, 5) is 26.2. The predicted octanol–water partition coefficient (Wildman–Crippen LogP) is 5.69. The molecule has 0 aliphatic heterocycles. The molecule has 7 heteroatoms. The number of fused-ring (bicyclic) bond motifs is 1. The maximum atomic E-state index is 13.2. The zero-order chi connectivity index (χ0) is 22.8. The van der Waals surface area contributed by atoms with E-state index >= 15 is 0 Å². The lowest BCUT2D eigenvalue weighted by Crippen LogP contribution is -2.15. The molecule has 0 saturated heterocycles. The van der Waals surface area contributed by atoms with Gasteiger partial charge in [-0.25, -0.2) is 0 Å². The highest BCUT2D eigenvalue weighted by Crippen LogP contribution is 2.36. The van der Waals surface area contributed by atoms with Crippen LogP contribution in [0.15, 0.2) is 69.9 Å². The van der Waals surface area contributed by atoms with Crippen LogP contribution >= 0.6 is 11.6 Å². The van der Waals surface area contributed by atoms with Crippen molar-refractivity contribution in [1.29, 1.82) is 0 Å². The molecule has 1 amide bonds. The molecule has 0 spiro atoms. The summed E-state index contributed by atoms with van der Waals surface area (Å²) < 4.78 is 16.7. The van der Waals surface area contributed by atoms with Gasteiger partial charge in [-0.05, 0) is 25.1 Å². The van der Waals surface area contributed by atoms with Gasteiger partial charge in [-0.15, -0.1) is 0 Å². The number of hydrogen-bond acceptors (Lipinski definition) is 5. The smallest absolute Gasteiger partial charge is 0.259 e. The van der Waals surface area contributed by atoms with Crippen LogP contribution in [0.2, 0.25) is 5.02 Å². The number of ether oxygens (including phenoxy) is 2. The molecule has 3 aromatic carbocycles. The van der Waals surface area contributed by atoms with Crippen LogP contribution < -0.4 is 20.2 Å². The van der Waals surface area contributed by atoms with Crippen LogP contribution in [0.25, 0.3) is 22.3 Å². The summed E-state index contributed by atoms with van der Waals surface area (Å²) in [5.74, 6) is 0.748. The number of carbonyl (C=O) groups excluding carboxylic acids is 1. The number of rotatable bonds is 5. The molecule has 1 N–H and O–H groups in total. The molecular weight excluding hydrogens is 430 g/mol. The molecule has 0 saturated carbocycles. The van der Waals surface area contributed by atoms with Crippen LogP contribution in [-0.2, 0) is 0 Å². The number of benzene rings is 3. The van der Waals surface area contributed by atoms with Crippen molar-refractivity contribution in [3.63, 3.8) is 0 Å². The van der Waals surface area contributed by atoms with E-state index in [0.717, 1.165) is 5.56 Å². The lowest BCUT2D eigenvalue weighted by Gasteiger charge is -2.14. The second-order valence-electron chi connectivity index (χ2n) is 7.07. The Hall–Kier alpha value is -3.77. The largest absolute Gasteiger partial charge is 0.495 e. The van der Waals surface area contributed by atoms with Crippen LogP contribution in [0.4, 0.5) is 5.69 Å². The highest BCUT2D eigenvalue weighted by Gasteiger charge is 2.20. The average Bonchev–Trinajstić information content (AvgIpc) is 2.81. The Morgan fingerprint density at radius 1 is 0.969 bits per heavy atom. The third-order valence-electron chi connectivity index (χ3n) is 5.15. The molecule has 6 nitrogen and oxygen atoms in total. The monoisotopic (exact) mass is 449 g/mol. The summed E-state index contributed by atoms with van der Waals surface area (Å²) in [6.07, 6.45) is 0. The van der Waals surface area contributed by atoms with Crippen molar-refractivity contribution < 1.29 is 18.7 Å². The fourth-order valence-corrected chi connectivity index (χ4v) is 3.74. The third-order valence-corrected chi connectivity index (χ3v) is 5.44.